The minimum absolute atomic E-state index is 0.216. The summed E-state index contributed by atoms with van der Waals surface area (Å²) < 4.78 is 0. The number of hydrogen-bond donors (Lipinski definition) is 1. The first-order valence-electron chi connectivity index (χ1n) is 5.82. The molecule has 1 fully saturated rings. The fraction of sp³-hybridized carbons (Fsp3) is 0.917. The van der Waals surface area contributed by atoms with Crippen molar-refractivity contribution in [3.63, 3.8) is 0 Å². The summed E-state index contributed by atoms with van der Waals surface area (Å²) in [6.07, 6.45) is 0.667. The van der Waals surface area contributed by atoms with Crippen LogP contribution >= 0.6 is 0 Å². The maximum atomic E-state index is 11.8. The number of rotatable bonds is 3. The number of carbonyl (C=O) groups excluding carboxylic acids is 1. The van der Waals surface area contributed by atoms with Gasteiger partial charge in [0.05, 0.1) is 0 Å². The second kappa shape index (κ2) is 4.52. The van der Waals surface area contributed by atoms with Gasteiger partial charge >= 0.3 is 0 Å². The van der Waals surface area contributed by atoms with E-state index in [9.17, 15) is 4.79 Å². The summed E-state index contributed by atoms with van der Waals surface area (Å²) in [5.74, 6) is 1.27. The molecule has 1 aliphatic heterocycles. The molecule has 0 bridgehead atoms. The predicted molar refractivity (Wildman–Crippen MR) is 62.4 cm³/mol. The number of nitrogens with two attached hydrogens (primary N) is 1. The van der Waals surface area contributed by atoms with E-state index >= 15 is 0 Å². The van der Waals surface area contributed by atoms with Gasteiger partial charge in [-0.2, -0.15) is 0 Å². The molecule has 0 aromatic rings. The standard InChI is InChI=1S/C12H24N2O/c1-9(12(2,3)4)5-11(15)14-7-10(6-13)8-14/h9-10H,5-8,13H2,1-4H3. The molecule has 88 valence electrons. The van der Waals surface area contributed by atoms with E-state index in [4.69, 9.17) is 5.73 Å². The van der Waals surface area contributed by atoms with Gasteiger partial charge in [-0.15, -0.1) is 0 Å². The molecular weight excluding hydrogens is 188 g/mol. The van der Waals surface area contributed by atoms with Gasteiger partial charge in [-0.3, -0.25) is 4.79 Å². The number of nitrogens with zero attached hydrogens (tertiary/aromatic N) is 1. The van der Waals surface area contributed by atoms with Crippen LogP contribution in [0.25, 0.3) is 0 Å². The highest BCUT2D eigenvalue weighted by molar-refractivity contribution is 5.77. The third-order valence-electron chi connectivity index (χ3n) is 3.60. The molecule has 0 aromatic carbocycles. The van der Waals surface area contributed by atoms with E-state index < -0.39 is 0 Å². The van der Waals surface area contributed by atoms with Gasteiger partial charge in [0.1, 0.15) is 0 Å². The van der Waals surface area contributed by atoms with E-state index in [0.29, 0.717) is 30.7 Å². The Bertz CT molecular complexity index is 226. The number of carbonyl (C=O) groups is 1. The third-order valence-corrected chi connectivity index (χ3v) is 3.60. The van der Waals surface area contributed by atoms with Crippen LogP contribution in [0, 0.1) is 17.3 Å². The van der Waals surface area contributed by atoms with Crippen LogP contribution < -0.4 is 5.73 Å². The maximum Gasteiger partial charge on any atom is 0.222 e. The van der Waals surface area contributed by atoms with Crippen LogP contribution in [0.1, 0.15) is 34.1 Å². The van der Waals surface area contributed by atoms with Crippen molar-refractivity contribution in [2.75, 3.05) is 19.6 Å². The Balaban J connectivity index is 2.32. The summed E-state index contributed by atoms with van der Waals surface area (Å²) in [5.41, 5.74) is 5.74. The number of hydrogen-bond acceptors (Lipinski definition) is 2. The van der Waals surface area contributed by atoms with E-state index in [2.05, 4.69) is 27.7 Å². The number of likely N-dealkylation sites (tertiary alicyclic amines) is 1. The summed E-state index contributed by atoms with van der Waals surface area (Å²) in [5, 5.41) is 0. The zero-order valence-electron chi connectivity index (χ0n) is 10.4. The molecule has 0 radical (unpaired) electrons. The topological polar surface area (TPSA) is 46.3 Å². The highest BCUT2D eigenvalue weighted by Gasteiger charge is 2.31. The molecule has 3 nitrogen and oxygen atoms in total. The Morgan fingerprint density at radius 2 is 2.00 bits per heavy atom. The minimum Gasteiger partial charge on any atom is -0.342 e. The highest BCUT2D eigenvalue weighted by Crippen LogP contribution is 2.29. The van der Waals surface area contributed by atoms with E-state index in [0.717, 1.165) is 13.1 Å². The van der Waals surface area contributed by atoms with Crippen LogP contribution in [-0.2, 0) is 4.79 Å². The van der Waals surface area contributed by atoms with Gasteiger partial charge < -0.3 is 10.6 Å². The van der Waals surface area contributed by atoms with Crippen LogP contribution in [0.3, 0.4) is 0 Å². The molecule has 0 aliphatic carbocycles. The van der Waals surface area contributed by atoms with Crippen molar-refractivity contribution in [2.45, 2.75) is 34.1 Å². The lowest BCUT2D eigenvalue weighted by molar-refractivity contribution is -0.139. The van der Waals surface area contributed by atoms with Crippen LogP contribution in [0.5, 0.6) is 0 Å². The molecule has 15 heavy (non-hydrogen) atoms. The van der Waals surface area contributed by atoms with Gasteiger partial charge in [0.15, 0.2) is 0 Å². The molecule has 0 spiro atoms. The molecule has 1 heterocycles. The van der Waals surface area contributed by atoms with Gasteiger partial charge in [-0.05, 0) is 17.9 Å². The van der Waals surface area contributed by atoms with Crippen LogP contribution in [0.15, 0.2) is 0 Å². The van der Waals surface area contributed by atoms with Crippen molar-refractivity contribution in [2.24, 2.45) is 23.0 Å². The third kappa shape index (κ3) is 3.20. The van der Waals surface area contributed by atoms with Gasteiger partial charge in [-0.1, -0.05) is 27.7 Å². The molecule has 1 atom stereocenters. The van der Waals surface area contributed by atoms with Crippen molar-refractivity contribution < 1.29 is 4.79 Å². The van der Waals surface area contributed by atoms with Crippen molar-refractivity contribution in [1.29, 1.82) is 0 Å². The van der Waals surface area contributed by atoms with Gasteiger partial charge in [0.25, 0.3) is 0 Å². The second-order valence-corrected chi connectivity index (χ2v) is 5.87. The molecule has 1 rings (SSSR count). The van der Waals surface area contributed by atoms with Crippen LogP contribution in [0.4, 0.5) is 0 Å². The monoisotopic (exact) mass is 212 g/mol. The highest BCUT2D eigenvalue weighted by atomic mass is 16.2. The van der Waals surface area contributed by atoms with Gasteiger partial charge in [0, 0.05) is 25.4 Å². The smallest absolute Gasteiger partial charge is 0.222 e. The van der Waals surface area contributed by atoms with E-state index in [1.807, 2.05) is 4.90 Å². The largest absolute Gasteiger partial charge is 0.342 e. The lowest BCUT2D eigenvalue weighted by atomic mass is 9.79. The van der Waals surface area contributed by atoms with E-state index in [-0.39, 0.29) is 5.41 Å². The fourth-order valence-electron chi connectivity index (χ4n) is 1.62. The average Bonchev–Trinajstić information content (AvgIpc) is 2.00. The fourth-order valence-corrected chi connectivity index (χ4v) is 1.62. The molecule has 2 N–H and O–H groups in total. The summed E-state index contributed by atoms with van der Waals surface area (Å²) in [6.45, 7) is 11.1. The quantitative estimate of drug-likeness (QED) is 0.770. The van der Waals surface area contributed by atoms with Gasteiger partial charge in [-0.25, -0.2) is 0 Å². The van der Waals surface area contributed by atoms with E-state index in [1.165, 1.54) is 0 Å². The van der Waals surface area contributed by atoms with Crippen molar-refractivity contribution >= 4 is 5.91 Å². The lowest BCUT2D eigenvalue weighted by Crippen LogP contribution is -2.53. The summed E-state index contributed by atoms with van der Waals surface area (Å²) in [7, 11) is 0. The molecule has 0 aromatic heterocycles. The average molecular weight is 212 g/mol. The predicted octanol–water partition coefficient (Wildman–Crippen LogP) is 1.48. The first kappa shape index (κ1) is 12.5. The Labute approximate surface area is 93.0 Å². The molecule has 1 unspecified atom stereocenters. The Kier molecular flexibility index (Phi) is 3.77. The zero-order valence-corrected chi connectivity index (χ0v) is 10.4. The maximum absolute atomic E-state index is 11.8. The van der Waals surface area contributed by atoms with Crippen molar-refractivity contribution in [1.82, 2.24) is 4.90 Å². The van der Waals surface area contributed by atoms with E-state index in [1.54, 1.807) is 0 Å². The minimum atomic E-state index is 0.216. The van der Waals surface area contributed by atoms with Crippen molar-refractivity contribution in [3.8, 4) is 0 Å². The van der Waals surface area contributed by atoms with Crippen molar-refractivity contribution in [3.05, 3.63) is 0 Å². The zero-order chi connectivity index (χ0) is 11.6. The number of amides is 1. The second-order valence-electron chi connectivity index (χ2n) is 5.87. The Hall–Kier alpha value is -0.570. The van der Waals surface area contributed by atoms with Gasteiger partial charge in [0.2, 0.25) is 5.91 Å². The normalized spacial score (nSPS) is 19.9. The lowest BCUT2D eigenvalue weighted by Gasteiger charge is -2.40. The van der Waals surface area contributed by atoms with Crippen LogP contribution in [-0.4, -0.2) is 30.4 Å². The molecule has 3 heteroatoms. The molecule has 1 amide bonds. The summed E-state index contributed by atoms with van der Waals surface area (Å²) in [4.78, 5) is 13.8. The summed E-state index contributed by atoms with van der Waals surface area (Å²) >= 11 is 0. The summed E-state index contributed by atoms with van der Waals surface area (Å²) in [6, 6.07) is 0. The molecule has 1 saturated heterocycles. The molecule has 1 aliphatic rings. The molecule has 0 saturated carbocycles. The SMILES string of the molecule is CC(CC(=O)N1CC(CN)C1)C(C)(C)C. The molecular formula is C12H24N2O. The first-order chi connectivity index (χ1) is 6.84. The van der Waals surface area contributed by atoms with Crippen LogP contribution in [0.2, 0.25) is 0 Å². The first-order valence-corrected chi connectivity index (χ1v) is 5.82. The Morgan fingerprint density at radius 1 is 1.47 bits per heavy atom. The Morgan fingerprint density at radius 3 is 2.40 bits per heavy atom.